The molecule has 0 saturated carbocycles. The van der Waals surface area contributed by atoms with E-state index in [9.17, 15) is 0 Å². The van der Waals surface area contributed by atoms with Crippen molar-refractivity contribution < 1.29 is 4.74 Å². The number of rotatable bonds is 7. The summed E-state index contributed by atoms with van der Waals surface area (Å²) in [6.45, 7) is 5.24. The number of fused-ring (bicyclic) bond motifs is 1. The van der Waals surface area contributed by atoms with Gasteiger partial charge in [0.1, 0.15) is 0 Å². The van der Waals surface area contributed by atoms with Gasteiger partial charge in [-0.05, 0) is 23.9 Å². The van der Waals surface area contributed by atoms with Crippen LogP contribution in [0.3, 0.4) is 0 Å². The van der Waals surface area contributed by atoms with Crippen molar-refractivity contribution >= 4 is 10.9 Å². The van der Waals surface area contributed by atoms with Crippen LogP contribution in [0.2, 0.25) is 0 Å². The smallest absolute Gasteiger partial charge is 0.0645 e. The molecule has 0 aliphatic rings. The van der Waals surface area contributed by atoms with E-state index in [4.69, 9.17) is 10.5 Å². The first-order valence-corrected chi connectivity index (χ1v) is 6.71. The first-order chi connectivity index (χ1) is 8.86. The van der Waals surface area contributed by atoms with Crippen LogP contribution in [0.25, 0.3) is 10.9 Å². The second kappa shape index (κ2) is 6.57. The van der Waals surface area contributed by atoms with Gasteiger partial charge in [0.05, 0.1) is 6.61 Å². The fourth-order valence-corrected chi connectivity index (χ4v) is 2.21. The molecule has 1 heterocycles. The summed E-state index contributed by atoms with van der Waals surface area (Å²) in [5, 5.41) is 1.26. The Morgan fingerprint density at radius 1 is 1.22 bits per heavy atom. The Bertz CT molecular complexity index is 490. The molecule has 0 bridgehead atoms. The highest BCUT2D eigenvalue weighted by atomic mass is 16.5. The van der Waals surface area contributed by atoms with Gasteiger partial charge in [0.25, 0.3) is 0 Å². The SMILES string of the molecule is CCCCOCCn1c(CN)cc2ccccc21. The molecule has 0 saturated heterocycles. The average Bonchev–Trinajstić information content (AvgIpc) is 2.77. The Balaban J connectivity index is 2.06. The van der Waals surface area contributed by atoms with E-state index in [0.29, 0.717) is 6.54 Å². The molecule has 0 fully saturated rings. The maximum atomic E-state index is 5.80. The van der Waals surface area contributed by atoms with Crippen LogP contribution < -0.4 is 5.73 Å². The zero-order chi connectivity index (χ0) is 12.8. The van der Waals surface area contributed by atoms with Crippen molar-refractivity contribution in [1.82, 2.24) is 4.57 Å². The van der Waals surface area contributed by atoms with Gasteiger partial charge in [-0.3, -0.25) is 0 Å². The topological polar surface area (TPSA) is 40.2 Å². The van der Waals surface area contributed by atoms with Gasteiger partial charge in [0.2, 0.25) is 0 Å². The average molecular weight is 246 g/mol. The lowest BCUT2D eigenvalue weighted by molar-refractivity contribution is 0.124. The molecular formula is C15H22N2O. The summed E-state index contributed by atoms with van der Waals surface area (Å²) in [6, 6.07) is 10.6. The molecule has 98 valence electrons. The lowest BCUT2D eigenvalue weighted by atomic mass is 10.2. The van der Waals surface area contributed by atoms with Crippen molar-refractivity contribution in [2.75, 3.05) is 13.2 Å². The first kappa shape index (κ1) is 13.1. The van der Waals surface area contributed by atoms with Gasteiger partial charge < -0.3 is 15.0 Å². The van der Waals surface area contributed by atoms with E-state index in [1.54, 1.807) is 0 Å². The fraction of sp³-hybridized carbons (Fsp3) is 0.467. The van der Waals surface area contributed by atoms with E-state index in [0.717, 1.165) is 26.2 Å². The van der Waals surface area contributed by atoms with Gasteiger partial charge in [-0.25, -0.2) is 0 Å². The second-order valence-corrected chi connectivity index (χ2v) is 4.52. The molecule has 2 rings (SSSR count). The Hall–Kier alpha value is -1.32. The summed E-state index contributed by atoms with van der Waals surface area (Å²) in [6.07, 6.45) is 2.32. The second-order valence-electron chi connectivity index (χ2n) is 4.52. The molecule has 2 N–H and O–H groups in total. The number of hydrogen-bond acceptors (Lipinski definition) is 2. The van der Waals surface area contributed by atoms with E-state index >= 15 is 0 Å². The van der Waals surface area contributed by atoms with E-state index < -0.39 is 0 Å². The minimum atomic E-state index is 0.573. The van der Waals surface area contributed by atoms with E-state index in [1.807, 2.05) is 0 Å². The number of ether oxygens (including phenoxy) is 1. The summed E-state index contributed by atoms with van der Waals surface area (Å²) in [7, 11) is 0. The molecule has 0 spiro atoms. The summed E-state index contributed by atoms with van der Waals surface area (Å²) in [5.41, 5.74) is 8.23. The third-order valence-electron chi connectivity index (χ3n) is 3.21. The lowest BCUT2D eigenvalue weighted by Gasteiger charge is -2.10. The number of aromatic nitrogens is 1. The van der Waals surface area contributed by atoms with Crippen molar-refractivity contribution in [2.24, 2.45) is 5.73 Å². The van der Waals surface area contributed by atoms with Gasteiger partial charge in [-0.2, -0.15) is 0 Å². The van der Waals surface area contributed by atoms with Crippen LogP contribution in [0.1, 0.15) is 25.5 Å². The number of nitrogens with zero attached hydrogens (tertiary/aromatic N) is 1. The predicted molar refractivity (Wildman–Crippen MR) is 75.6 cm³/mol. The van der Waals surface area contributed by atoms with E-state index in [1.165, 1.54) is 23.0 Å². The highest BCUT2D eigenvalue weighted by Crippen LogP contribution is 2.19. The minimum Gasteiger partial charge on any atom is -0.380 e. The molecule has 18 heavy (non-hydrogen) atoms. The summed E-state index contributed by atoms with van der Waals surface area (Å²) >= 11 is 0. The number of nitrogens with two attached hydrogens (primary N) is 1. The van der Waals surface area contributed by atoms with Gasteiger partial charge in [0, 0.05) is 30.9 Å². The lowest BCUT2D eigenvalue weighted by Crippen LogP contribution is -2.11. The fourth-order valence-electron chi connectivity index (χ4n) is 2.21. The molecule has 0 atom stereocenters. The molecule has 0 radical (unpaired) electrons. The largest absolute Gasteiger partial charge is 0.380 e. The Kier molecular flexibility index (Phi) is 4.79. The van der Waals surface area contributed by atoms with Gasteiger partial charge >= 0.3 is 0 Å². The standard InChI is InChI=1S/C15H22N2O/c1-2-3-9-18-10-8-17-14(12-16)11-13-6-4-5-7-15(13)17/h4-7,11H,2-3,8-10,12,16H2,1H3. The van der Waals surface area contributed by atoms with Crippen LogP contribution in [0.5, 0.6) is 0 Å². The van der Waals surface area contributed by atoms with E-state index in [2.05, 4.69) is 41.8 Å². The van der Waals surface area contributed by atoms with Crippen LogP contribution >= 0.6 is 0 Å². The molecule has 0 aliphatic carbocycles. The Morgan fingerprint density at radius 2 is 2.06 bits per heavy atom. The maximum Gasteiger partial charge on any atom is 0.0645 e. The van der Waals surface area contributed by atoms with Crippen LogP contribution in [-0.2, 0) is 17.8 Å². The molecule has 0 amide bonds. The predicted octanol–water partition coefficient (Wildman–Crippen LogP) is 2.92. The minimum absolute atomic E-state index is 0.573. The first-order valence-electron chi connectivity index (χ1n) is 6.71. The number of unbranched alkanes of at least 4 members (excludes halogenated alkanes) is 1. The van der Waals surface area contributed by atoms with Gasteiger partial charge in [-0.1, -0.05) is 31.5 Å². The van der Waals surface area contributed by atoms with Crippen LogP contribution in [0.15, 0.2) is 30.3 Å². The van der Waals surface area contributed by atoms with Crippen molar-refractivity contribution in [3.8, 4) is 0 Å². The summed E-state index contributed by atoms with van der Waals surface area (Å²) in [5.74, 6) is 0. The normalized spacial score (nSPS) is 11.2. The maximum absolute atomic E-state index is 5.80. The molecule has 3 heteroatoms. The van der Waals surface area contributed by atoms with Crippen LogP contribution in [0.4, 0.5) is 0 Å². The third-order valence-corrected chi connectivity index (χ3v) is 3.21. The van der Waals surface area contributed by atoms with Crippen molar-refractivity contribution in [1.29, 1.82) is 0 Å². The zero-order valence-electron chi connectivity index (χ0n) is 11.1. The van der Waals surface area contributed by atoms with Gasteiger partial charge in [0.15, 0.2) is 0 Å². The molecule has 2 aromatic rings. The molecule has 1 aromatic carbocycles. The molecular weight excluding hydrogens is 224 g/mol. The highest BCUT2D eigenvalue weighted by molar-refractivity contribution is 5.81. The van der Waals surface area contributed by atoms with E-state index in [-0.39, 0.29) is 0 Å². The monoisotopic (exact) mass is 246 g/mol. The van der Waals surface area contributed by atoms with Crippen molar-refractivity contribution in [3.63, 3.8) is 0 Å². The third kappa shape index (κ3) is 2.92. The molecule has 3 nitrogen and oxygen atoms in total. The van der Waals surface area contributed by atoms with Crippen molar-refractivity contribution in [2.45, 2.75) is 32.9 Å². The summed E-state index contributed by atoms with van der Waals surface area (Å²) < 4.78 is 7.90. The molecule has 0 unspecified atom stereocenters. The van der Waals surface area contributed by atoms with Gasteiger partial charge in [-0.15, -0.1) is 0 Å². The highest BCUT2D eigenvalue weighted by Gasteiger charge is 2.06. The molecule has 1 aromatic heterocycles. The van der Waals surface area contributed by atoms with Crippen molar-refractivity contribution in [3.05, 3.63) is 36.0 Å². The number of benzene rings is 1. The Labute approximate surface area is 109 Å². The summed E-state index contributed by atoms with van der Waals surface area (Å²) in [4.78, 5) is 0. The zero-order valence-corrected chi connectivity index (χ0v) is 11.1. The quantitative estimate of drug-likeness (QED) is 0.763. The number of hydrogen-bond donors (Lipinski definition) is 1. The van der Waals surface area contributed by atoms with Crippen LogP contribution in [-0.4, -0.2) is 17.8 Å². The van der Waals surface area contributed by atoms with Crippen LogP contribution in [0, 0.1) is 0 Å². The Morgan fingerprint density at radius 3 is 2.83 bits per heavy atom. The number of para-hydroxylation sites is 1. The molecule has 0 aliphatic heterocycles.